The predicted octanol–water partition coefficient (Wildman–Crippen LogP) is 7.87. The number of cyclic esters (lactones) is 1. The summed E-state index contributed by atoms with van der Waals surface area (Å²) >= 11 is 0. The van der Waals surface area contributed by atoms with Crippen molar-refractivity contribution >= 4 is 21.6 Å². The Kier molecular flexibility index (Phi) is 11.9. The van der Waals surface area contributed by atoms with E-state index < -0.39 is 15.7 Å². The fourth-order valence-corrected chi connectivity index (χ4v) is 7.03. The van der Waals surface area contributed by atoms with Crippen LogP contribution in [0.4, 0.5) is 0 Å². The molecule has 6 nitrogen and oxygen atoms in total. The van der Waals surface area contributed by atoms with Gasteiger partial charge in [0.1, 0.15) is 17.9 Å². The Balaban J connectivity index is 2.19. The maximum Gasteiger partial charge on any atom is 0.342 e. The zero-order valence-electron chi connectivity index (χ0n) is 23.8. The summed E-state index contributed by atoms with van der Waals surface area (Å²) in [6.07, 6.45) is 6.91. The van der Waals surface area contributed by atoms with E-state index in [0.29, 0.717) is 38.2 Å². The number of hydrogen-bond acceptors (Lipinski definition) is 6. The highest BCUT2D eigenvalue weighted by Gasteiger charge is 2.32. The van der Waals surface area contributed by atoms with E-state index >= 15 is 0 Å². The fourth-order valence-electron chi connectivity index (χ4n) is 4.59. The summed E-state index contributed by atoms with van der Waals surface area (Å²) in [5.41, 5.74) is 6.41. The van der Waals surface area contributed by atoms with Crippen LogP contribution in [-0.2, 0) is 37.8 Å². The second-order valence-electron chi connectivity index (χ2n) is 10.7. The molecule has 36 heavy (non-hydrogen) atoms. The van der Waals surface area contributed by atoms with Gasteiger partial charge in [0.25, 0.3) is 0 Å². The quantitative estimate of drug-likeness (QED) is 0.0701. The normalized spacial score (nSPS) is 14.2. The first-order valence-corrected chi connectivity index (χ1v) is 18.9. The van der Waals surface area contributed by atoms with Gasteiger partial charge in [-0.1, -0.05) is 38.2 Å². The van der Waals surface area contributed by atoms with Gasteiger partial charge in [-0.2, -0.15) is 0 Å². The second-order valence-corrected chi connectivity index (χ2v) is 18.5. The van der Waals surface area contributed by atoms with E-state index in [1.165, 1.54) is 11.1 Å². The molecule has 1 aromatic carbocycles. The van der Waals surface area contributed by atoms with Crippen molar-refractivity contribution in [3.05, 3.63) is 39.5 Å². The Morgan fingerprint density at radius 2 is 1.75 bits per heavy atom. The molecular formula is C28H47O6PSi. The molecule has 0 fully saturated rings. The van der Waals surface area contributed by atoms with Crippen molar-refractivity contribution < 1.29 is 27.9 Å². The summed E-state index contributed by atoms with van der Waals surface area (Å²) in [6, 6.07) is 1.04. The maximum atomic E-state index is 12.7. The van der Waals surface area contributed by atoms with Crippen LogP contribution in [0.25, 0.3) is 0 Å². The summed E-state index contributed by atoms with van der Waals surface area (Å²) in [7, 11) is -4.25. The molecule has 0 saturated carbocycles. The molecule has 0 aliphatic carbocycles. The zero-order chi connectivity index (χ0) is 26.9. The lowest BCUT2D eigenvalue weighted by Gasteiger charge is -2.22. The Labute approximate surface area is 219 Å². The molecule has 0 saturated heterocycles. The van der Waals surface area contributed by atoms with Gasteiger partial charge in [0.05, 0.1) is 26.0 Å². The van der Waals surface area contributed by atoms with Gasteiger partial charge >= 0.3 is 13.6 Å². The lowest BCUT2D eigenvalue weighted by atomic mass is 9.89. The number of esters is 1. The SMILES string of the molecule is CCOP(=O)(CCCC/C(C)=C/Cc1c(CC)c(C)c2c(c1OCC[Si](C)(C)C)C(=O)OC2)OCC. The number of hydrogen-bond donors (Lipinski definition) is 0. The molecule has 8 heteroatoms. The third-order valence-corrected chi connectivity index (χ3v) is 10.5. The molecule has 0 aromatic heterocycles. The molecule has 0 atom stereocenters. The Bertz CT molecular complexity index is 969. The van der Waals surface area contributed by atoms with Crippen LogP contribution < -0.4 is 4.74 Å². The number of rotatable bonds is 16. The minimum atomic E-state index is -2.98. The second kappa shape index (κ2) is 13.9. The lowest BCUT2D eigenvalue weighted by Crippen LogP contribution is -2.23. The van der Waals surface area contributed by atoms with Crippen LogP contribution >= 0.6 is 7.60 Å². The van der Waals surface area contributed by atoms with Crippen molar-refractivity contribution in [2.45, 2.75) is 99.0 Å². The van der Waals surface area contributed by atoms with Gasteiger partial charge in [0, 0.05) is 19.2 Å². The van der Waals surface area contributed by atoms with Crippen molar-refractivity contribution in [2.75, 3.05) is 26.0 Å². The third kappa shape index (κ3) is 8.58. The predicted molar refractivity (Wildman–Crippen MR) is 150 cm³/mol. The van der Waals surface area contributed by atoms with E-state index in [1.54, 1.807) is 0 Å². The van der Waals surface area contributed by atoms with Crippen LogP contribution in [0.1, 0.15) is 79.6 Å². The summed E-state index contributed by atoms with van der Waals surface area (Å²) in [5, 5.41) is 0. The Hall–Kier alpha value is -1.40. The van der Waals surface area contributed by atoms with Gasteiger partial charge < -0.3 is 18.5 Å². The van der Waals surface area contributed by atoms with E-state index in [9.17, 15) is 9.36 Å². The number of ether oxygens (including phenoxy) is 2. The van der Waals surface area contributed by atoms with Crippen LogP contribution in [0.15, 0.2) is 11.6 Å². The Morgan fingerprint density at radius 1 is 1.08 bits per heavy atom. The van der Waals surface area contributed by atoms with Gasteiger partial charge in [0.15, 0.2) is 0 Å². The first kappa shape index (κ1) is 30.8. The van der Waals surface area contributed by atoms with Crippen molar-refractivity contribution in [3.8, 4) is 5.75 Å². The third-order valence-electron chi connectivity index (χ3n) is 6.64. The van der Waals surface area contributed by atoms with Crippen molar-refractivity contribution in [1.29, 1.82) is 0 Å². The monoisotopic (exact) mass is 538 g/mol. The molecule has 2 rings (SSSR count). The van der Waals surface area contributed by atoms with Gasteiger partial charge in [0.2, 0.25) is 0 Å². The molecule has 204 valence electrons. The lowest BCUT2D eigenvalue weighted by molar-refractivity contribution is 0.0532. The number of unbranched alkanes of at least 4 members (excludes halogenated alkanes) is 1. The fraction of sp³-hybridized carbons (Fsp3) is 0.679. The average molecular weight is 539 g/mol. The van der Waals surface area contributed by atoms with E-state index in [2.05, 4.69) is 46.5 Å². The molecule has 1 aromatic rings. The molecule has 0 radical (unpaired) electrons. The van der Waals surface area contributed by atoms with E-state index in [1.807, 2.05) is 13.8 Å². The van der Waals surface area contributed by atoms with E-state index in [-0.39, 0.29) is 5.97 Å². The van der Waals surface area contributed by atoms with E-state index in [4.69, 9.17) is 18.5 Å². The average Bonchev–Trinajstić information content (AvgIpc) is 3.18. The van der Waals surface area contributed by atoms with Crippen LogP contribution in [0.2, 0.25) is 25.7 Å². The number of fused-ring (bicyclic) bond motifs is 1. The number of carbonyl (C=O) groups excluding carboxylic acids is 1. The molecule has 0 N–H and O–H groups in total. The first-order chi connectivity index (χ1) is 17.0. The van der Waals surface area contributed by atoms with Crippen molar-refractivity contribution in [3.63, 3.8) is 0 Å². The standard InChI is InChI=1S/C28H47O6PSi/c1-9-23-22(5)25-20-32-28(29)26(25)27(31-17-19-36(6,7)8)24(23)16-15-21(4)14-12-13-18-35(30,33-10-2)34-11-3/h15H,9-14,16-20H2,1-8H3/b21-15+. The van der Waals surface area contributed by atoms with Gasteiger partial charge in [-0.3, -0.25) is 4.57 Å². The zero-order valence-corrected chi connectivity index (χ0v) is 25.6. The molecule has 0 spiro atoms. The minimum Gasteiger partial charge on any atom is -0.493 e. The molecule has 1 aliphatic rings. The first-order valence-electron chi connectivity index (χ1n) is 13.5. The van der Waals surface area contributed by atoms with Crippen molar-refractivity contribution in [1.82, 2.24) is 0 Å². The summed E-state index contributed by atoms with van der Waals surface area (Å²) in [4.78, 5) is 12.7. The highest BCUT2D eigenvalue weighted by atomic mass is 31.2. The van der Waals surface area contributed by atoms with E-state index in [0.717, 1.165) is 60.6 Å². The van der Waals surface area contributed by atoms with Gasteiger partial charge in [-0.25, -0.2) is 4.79 Å². The highest BCUT2D eigenvalue weighted by molar-refractivity contribution is 7.53. The van der Waals surface area contributed by atoms with Crippen LogP contribution in [0.3, 0.4) is 0 Å². The van der Waals surface area contributed by atoms with Gasteiger partial charge in [-0.15, -0.1) is 0 Å². The number of benzene rings is 1. The summed E-state index contributed by atoms with van der Waals surface area (Å²) in [5.74, 6) is 0.459. The Morgan fingerprint density at radius 3 is 2.33 bits per heavy atom. The summed E-state index contributed by atoms with van der Waals surface area (Å²) in [6.45, 7) is 18.8. The molecule has 0 unspecified atom stereocenters. The topological polar surface area (TPSA) is 71.1 Å². The molecule has 1 aliphatic heterocycles. The van der Waals surface area contributed by atoms with Crippen molar-refractivity contribution in [2.24, 2.45) is 0 Å². The van der Waals surface area contributed by atoms with Crippen LogP contribution in [0, 0.1) is 6.92 Å². The molecular weight excluding hydrogens is 491 g/mol. The smallest absolute Gasteiger partial charge is 0.342 e. The molecule has 0 bridgehead atoms. The van der Waals surface area contributed by atoms with Gasteiger partial charge in [-0.05, 0) is 77.0 Å². The highest BCUT2D eigenvalue weighted by Crippen LogP contribution is 2.48. The number of allylic oxidation sites excluding steroid dienone is 2. The number of carbonyl (C=O) groups is 1. The largest absolute Gasteiger partial charge is 0.493 e. The van der Waals surface area contributed by atoms with Crippen LogP contribution in [-0.4, -0.2) is 40.0 Å². The maximum absolute atomic E-state index is 12.7. The minimum absolute atomic E-state index is 0.270. The molecule has 0 amide bonds. The summed E-state index contributed by atoms with van der Waals surface area (Å²) < 4.78 is 35.3. The van der Waals surface area contributed by atoms with Crippen LogP contribution in [0.5, 0.6) is 5.75 Å². The molecule has 1 heterocycles.